The third kappa shape index (κ3) is 2.99. The summed E-state index contributed by atoms with van der Waals surface area (Å²) in [6, 6.07) is 12.1. The number of hydrogen-bond donors (Lipinski definition) is 2. The third-order valence-corrected chi connectivity index (χ3v) is 4.00. The van der Waals surface area contributed by atoms with Crippen molar-refractivity contribution in [3.05, 3.63) is 64.6 Å². The Morgan fingerprint density at radius 2 is 1.85 bits per heavy atom. The second-order valence-corrected chi connectivity index (χ2v) is 5.72. The number of rotatable bonds is 3. The highest BCUT2D eigenvalue weighted by Gasteiger charge is 2.31. The van der Waals surface area contributed by atoms with E-state index in [0.717, 1.165) is 12.1 Å². The van der Waals surface area contributed by atoms with Crippen LogP contribution in [0.4, 0.5) is 13.2 Å². The van der Waals surface area contributed by atoms with Gasteiger partial charge in [0.05, 0.1) is 0 Å². The van der Waals surface area contributed by atoms with Crippen LogP contribution < -0.4 is 20.5 Å². The molecule has 2 aromatic heterocycles. The first-order valence-electron chi connectivity index (χ1n) is 7.88. The van der Waals surface area contributed by atoms with Gasteiger partial charge in [-0.2, -0.15) is 0 Å². The van der Waals surface area contributed by atoms with E-state index in [9.17, 15) is 18.0 Å². The zero-order valence-electron chi connectivity index (χ0n) is 13.7. The van der Waals surface area contributed by atoms with Crippen LogP contribution in [0.15, 0.2) is 53.3 Å². The van der Waals surface area contributed by atoms with E-state index in [4.69, 9.17) is 5.73 Å². The normalized spacial score (nSPS) is 12.0. The van der Waals surface area contributed by atoms with Crippen LogP contribution >= 0.6 is 0 Å². The summed E-state index contributed by atoms with van der Waals surface area (Å²) in [5.41, 5.74) is 7.65. The van der Waals surface area contributed by atoms with Crippen molar-refractivity contribution >= 4 is 16.6 Å². The highest BCUT2D eigenvalue weighted by Crippen LogP contribution is 2.23. The number of H-pyrrole nitrogens is 1. The summed E-state index contributed by atoms with van der Waals surface area (Å²) in [5.74, 6) is -0.377. The molecule has 0 spiro atoms. The molecule has 7 nitrogen and oxygen atoms in total. The van der Waals surface area contributed by atoms with Crippen molar-refractivity contribution in [2.24, 2.45) is 5.73 Å². The molecule has 0 atom stereocenters. The maximum absolute atomic E-state index is 12.9. The van der Waals surface area contributed by atoms with Gasteiger partial charge in [-0.1, -0.05) is 22.0 Å². The molecule has 4 rings (SSSR count). The van der Waals surface area contributed by atoms with Gasteiger partial charge in [0.15, 0.2) is 11.2 Å². The fraction of sp³-hybridized carbons (Fsp3) is 0.118. The van der Waals surface area contributed by atoms with Gasteiger partial charge in [-0.15, -0.1) is 17.7 Å². The van der Waals surface area contributed by atoms with Crippen LogP contribution in [0, 0.1) is 0 Å². The maximum atomic E-state index is 12.9. The van der Waals surface area contributed by atoms with E-state index in [0.29, 0.717) is 22.4 Å². The molecule has 0 unspecified atom stereocenters. The maximum Gasteiger partial charge on any atom is 0.573 e. The van der Waals surface area contributed by atoms with E-state index in [1.54, 1.807) is 22.7 Å². The number of ether oxygens (including phenoxy) is 1. The standard InChI is InChI=1S/C17H12F3N5O2/c18-17(19,20)27-11-7-5-10(6-8-11)24-16(26)15-13(9-21)22-12-3-1-2-4-14(12)25(15)23-24/h1-8H,9,21H2/p+1. The number of nitrogens with one attached hydrogen (secondary N) is 1. The molecule has 4 aromatic rings. The van der Waals surface area contributed by atoms with E-state index in [-0.39, 0.29) is 17.8 Å². The van der Waals surface area contributed by atoms with E-state index in [1.165, 1.54) is 16.8 Å². The Hall–Kier alpha value is -3.40. The molecule has 138 valence electrons. The molecule has 0 amide bonds. The second kappa shape index (κ2) is 6.09. The lowest BCUT2D eigenvalue weighted by Gasteiger charge is -2.08. The Morgan fingerprint density at radius 1 is 1.15 bits per heavy atom. The molecule has 10 heteroatoms. The number of nitrogens with two attached hydrogens (primary N) is 1. The molecule has 2 aromatic carbocycles. The summed E-state index contributed by atoms with van der Waals surface area (Å²) < 4.78 is 43.5. The summed E-state index contributed by atoms with van der Waals surface area (Å²) in [7, 11) is 0. The smallest absolute Gasteiger partial charge is 0.406 e. The van der Waals surface area contributed by atoms with Crippen LogP contribution in [0.3, 0.4) is 0 Å². The minimum atomic E-state index is -4.78. The largest absolute Gasteiger partial charge is 0.573 e. The van der Waals surface area contributed by atoms with Gasteiger partial charge in [0.1, 0.15) is 17.0 Å². The van der Waals surface area contributed by atoms with Crippen molar-refractivity contribution in [3.8, 4) is 11.4 Å². The van der Waals surface area contributed by atoms with E-state index in [1.807, 2.05) is 6.07 Å². The molecule has 0 saturated heterocycles. The van der Waals surface area contributed by atoms with Crippen LogP contribution in [0.2, 0.25) is 0 Å². The van der Waals surface area contributed by atoms with Gasteiger partial charge < -0.3 is 10.5 Å². The van der Waals surface area contributed by atoms with Gasteiger partial charge in [-0.3, -0.25) is 0 Å². The number of benzene rings is 2. The topological polar surface area (TPSA) is 90.0 Å². The predicted molar refractivity (Wildman–Crippen MR) is 89.4 cm³/mol. The quantitative estimate of drug-likeness (QED) is 0.534. The fourth-order valence-electron chi connectivity index (χ4n) is 2.88. The van der Waals surface area contributed by atoms with Crippen molar-refractivity contribution in [2.45, 2.75) is 12.9 Å². The number of alkyl halides is 3. The predicted octanol–water partition coefficient (Wildman–Crippen LogP) is 1.81. The van der Waals surface area contributed by atoms with Gasteiger partial charge in [0, 0.05) is 6.54 Å². The number of aromatic amines is 1. The Balaban J connectivity index is 1.89. The number of aromatic nitrogens is 4. The molecular weight excluding hydrogens is 363 g/mol. The molecule has 0 radical (unpaired) electrons. The summed E-state index contributed by atoms with van der Waals surface area (Å²) >= 11 is 0. The lowest BCUT2D eigenvalue weighted by atomic mass is 10.2. The zero-order valence-corrected chi connectivity index (χ0v) is 13.7. The number of para-hydroxylation sites is 2. The average Bonchev–Trinajstić information content (AvgIpc) is 2.98. The Kier molecular flexibility index (Phi) is 3.84. The lowest BCUT2D eigenvalue weighted by molar-refractivity contribution is -0.556. The highest BCUT2D eigenvalue weighted by molar-refractivity contribution is 5.72. The molecule has 0 aliphatic heterocycles. The van der Waals surface area contributed by atoms with Gasteiger partial charge in [0.2, 0.25) is 0 Å². The van der Waals surface area contributed by atoms with Crippen molar-refractivity contribution in [3.63, 3.8) is 0 Å². The Bertz CT molecular complexity index is 1200. The molecular formula is C17H13F3N5O2+. The molecule has 2 heterocycles. The Labute approximate surface area is 149 Å². The molecule has 27 heavy (non-hydrogen) atoms. The van der Waals surface area contributed by atoms with Crippen LogP contribution in [-0.4, -0.2) is 21.2 Å². The van der Waals surface area contributed by atoms with E-state index in [2.05, 4.69) is 14.9 Å². The van der Waals surface area contributed by atoms with Gasteiger partial charge in [0.25, 0.3) is 5.52 Å². The molecule has 0 bridgehead atoms. The first kappa shape index (κ1) is 17.0. The minimum Gasteiger partial charge on any atom is -0.406 e. The summed E-state index contributed by atoms with van der Waals surface area (Å²) in [6.45, 7) is 0.0553. The summed E-state index contributed by atoms with van der Waals surface area (Å²) in [6.07, 6.45) is -4.78. The van der Waals surface area contributed by atoms with Crippen LogP contribution in [0.25, 0.3) is 22.2 Å². The highest BCUT2D eigenvalue weighted by atomic mass is 19.4. The Morgan fingerprint density at radius 3 is 2.52 bits per heavy atom. The molecule has 3 N–H and O–H groups in total. The lowest BCUT2D eigenvalue weighted by Crippen LogP contribution is -2.29. The zero-order chi connectivity index (χ0) is 19.2. The van der Waals surface area contributed by atoms with Gasteiger partial charge in [-0.05, 0) is 36.4 Å². The number of halogens is 3. The number of nitrogens with zero attached hydrogens (tertiary/aromatic N) is 3. The monoisotopic (exact) mass is 376 g/mol. The summed E-state index contributed by atoms with van der Waals surface area (Å²) in [4.78, 5) is 17.3. The molecule has 0 fully saturated rings. The van der Waals surface area contributed by atoms with Crippen LogP contribution in [0.1, 0.15) is 5.69 Å². The van der Waals surface area contributed by atoms with Gasteiger partial charge >= 0.3 is 11.9 Å². The molecule has 0 aliphatic rings. The minimum absolute atomic E-state index is 0.0553. The first-order chi connectivity index (χ1) is 12.9. The average molecular weight is 376 g/mol. The van der Waals surface area contributed by atoms with E-state index < -0.39 is 11.9 Å². The van der Waals surface area contributed by atoms with Gasteiger partial charge in [-0.25, -0.2) is 9.78 Å². The number of hydrogen-bond acceptors (Lipinski definition) is 4. The van der Waals surface area contributed by atoms with Crippen molar-refractivity contribution in [1.29, 1.82) is 0 Å². The van der Waals surface area contributed by atoms with E-state index >= 15 is 0 Å². The molecule has 0 saturated carbocycles. The SMILES string of the molecule is NCc1nc2ccccc2[n+]2[nH]n(-c3ccc(OC(F)(F)F)cc3)c(=O)c12. The van der Waals surface area contributed by atoms with Crippen molar-refractivity contribution in [1.82, 2.24) is 14.9 Å². The third-order valence-electron chi connectivity index (χ3n) is 4.00. The fourth-order valence-corrected chi connectivity index (χ4v) is 2.88. The van der Waals surface area contributed by atoms with Crippen molar-refractivity contribution < 1.29 is 22.4 Å². The van der Waals surface area contributed by atoms with Crippen LogP contribution in [0.5, 0.6) is 5.75 Å². The van der Waals surface area contributed by atoms with Crippen LogP contribution in [-0.2, 0) is 6.54 Å². The first-order valence-corrected chi connectivity index (χ1v) is 7.88. The van der Waals surface area contributed by atoms with Crippen molar-refractivity contribution in [2.75, 3.05) is 0 Å². The second-order valence-electron chi connectivity index (χ2n) is 5.72. The number of fused-ring (bicyclic) bond motifs is 3. The summed E-state index contributed by atoms with van der Waals surface area (Å²) in [5, 5.41) is 2.93. The molecule has 0 aliphatic carbocycles.